The highest BCUT2D eigenvalue weighted by molar-refractivity contribution is 6.46. The first-order chi connectivity index (χ1) is 16.4. The fourth-order valence-electron chi connectivity index (χ4n) is 4.68. The Bertz CT molecular complexity index is 1280. The van der Waals surface area contributed by atoms with Gasteiger partial charge in [0.1, 0.15) is 5.70 Å². The minimum Gasteiger partial charge on any atom is -0.372 e. The van der Waals surface area contributed by atoms with Crippen molar-refractivity contribution in [3.05, 3.63) is 94.7 Å². The molecule has 1 fully saturated rings. The van der Waals surface area contributed by atoms with Crippen molar-refractivity contribution in [2.45, 2.75) is 33.6 Å². The molecule has 34 heavy (non-hydrogen) atoms. The van der Waals surface area contributed by atoms with Crippen LogP contribution in [0.4, 0.5) is 17.1 Å². The van der Waals surface area contributed by atoms with Crippen molar-refractivity contribution < 1.29 is 9.59 Å². The molecule has 5 nitrogen and oxygen atoms in total. The van der Waals surface area contributed by atoms with Gasteiger partial charge in [-0.1, -0.05) is 42.0 Å². The summed E-state index contributed by atoms with van der Waals surface area (Å²) in [5.74, 6) is -0.647. The zero-order valence-electron chi connectivity index (χ0n) is 19.9. The molecule has 2 aliphatic heterocycles. The van der Waals surface area contributed by atoms with Crippen molar-refractivity contribution in [3.63, 3.8) is 0 Å². The third kappa shape index (κ3) is 3.87. The van der Waals surface area contributed by atoms with Gasteiger partial charge in [-0.25, -0.2) is 4.90 Å². The van der Waals surface area contributed by atoms with E-state index in [1.165, 1.54) is 17.7 Å². The Labute approximate surface area is 200 Å². The lowest BCUT2D eigenvalue weighted by atomic mass is 10.0. The molecule has 3 aromatic rings. The van der Waals surface area contributed by atoms with Crippen molar-refractivity contribution in [1.82, 2.24) is 0 Å². The van der Waals surface area contributed by atoms with Crippen LogP contribution in [0.25, 0.3) is 5.57 Å². The first-order valence-corrected chi connectivity index (χ1v) is 11.8. The SMILES string of the molecule is Cc1ccc(C2=C(Nc3cccc(C)c3C)C(=O)N(c3ccc(N4CCCC4)cc3)C2=O)cc1. The highest BCUT2D eigenvalue weighted by Crippen LogP contribution is 2.35. The van der Waals surface area contributed by atoms with E-state index >= 15 is 0 Å². The van der Waals surface area contributed by atoms with E-state index in [-0.39, 0.29) is 11.8 Å². The molecule has 0 saturated carbocycles. The van der Waals surface area contributed by atoms with Gasteiger partial charge in [0.15, 0.2) is 0 Å². The zero-order chi connectivity index (χ0) is 23.8. The molecule has 0 spiro atoms. The maximum Gasteiger partial charge on any atom is 0.282 e. The van der Waals surface area contributed by atoms with Crippen LogP contribution in [0.2, 0.25) is 0 Å². The molecule has 0 aromatic heterocycles. The largest absolute Gasteiger partial charge is 0.372 e. The van der Waals surface area contributed by atoms with Crippen LogP contribution in [0.1, 0.15) is 35.1 Å². The molecule has 5 heteroatoms. The summed E-state index contributed by atoms with van der Waals surface area (Å²) < 4.78 is 0. The smallest absolute Gasteiger partial charge is 0.282 e. The van der Waals surface area contributed by atoms with Gasteiger partial charge < -0.3 is 10.2 Å². The number of hydrogen-bond acceptors (Lipinski definition) is 4. The van der Waals surface area contributed by atoms with Gasteiger partial charge in [0, 0.05) is 24.5 Å². The lowest BCUT2D eigenvalue weighted by Gasteiger charge is -2.20. The van der Waals surface area contributed by atoms with E-state index in [0.29, 0.717) is 17.0 Å². The monoisotopic (exact) mass is 451 g/mol. The Morgan fingerprint density at radius 2 is 1.38 bits per heavy atom. The van der Waals surface area contributed by atoms with Crippen LogP contribution in [0.3, 0.4) is 0 Å². The van der Waals surface area contributed by atoms with Gasteiger partial charge >= 0.3 is 0 Å². The van der Waals surface area contributed by atoms with Gasteiger partial charge in [-0.05, 0) is 80.6 Å². The lowest BCUT2D eigenvalue weighted by molar-refractivity contribution is -0.120. The fourth-order valence-corrected chi connectivity index (χ4v) is 4.68. The standard InChI is InChI=1S/C29H29N3O2/c1-19-9-11-22(12-10-19)26-27(30-25-8-6-7-20(2)21(25)3)29(34)32(28(26)33)24-15-13-23(14-16-24)31-17-4-5-18-31/h6-16,30H,4-5,17-18H2,1-3H3. The van der Waals surface area contributed by atoms with E-state index in [1.54, 1.807) is 0 Å². The molecule has 0 bridgehead atoms. The average Bonchev–Trinajstić information content (AvgIpc) is 3.45. The molecule has 5 rings (SSSR count). The second-order valence-corrected chi connectivity index (χ2v) is 9.14. The fraction of sp³-hybridized carbons (Fsp3) is 0.241. The number of nitrogens with one attached hydrogen (secondary N) is 1. The Morgan fingerprint density at radius 1 is 0.735 bits per heavy atom. The van der Waals surface area contributed by atoms with Gasteiger partial charge in [-0.15, -0.1) is 0 Å². The Hall–Kier alpha value is -3.86. The van der Waals surface area contributed by atoms with Gasteiger partial charge in [0.05, 0.1) is 11.3 Å². The number of anilines is 3. The molecule has 2 aliphatic rings. The van der Waals surface area contributed by atoms with E-state index < -0.39 is 0 Å². The summed E-state index contributed by atoms with van der Waals surface area (Å²) in [6, 6.07) is 21.4. The summed E-state index contributed by atoms with van der Waals surface area (Å²) in [4.78, 5) is 31.0. The Morgan fingerprint density at radius 3 is 2.06 bits per heavy atom. The summed E-state index contributed by atoms with van der Waals surface area (Å²) >= 11 is 0. The molecule has 0 unspecified atom stereocenters. The van der Waals surface area contributed by atoms with Crippen LogP contribution < -0.4 is 15.1 Å². The van der Waals surface area contributed by atoms with Gasteiger partial charge in [-0.3, -0.25) is 9.59 Å². The minimum atomic E-state index is -0.338. The molecular weight excluding hydrogens is 422 g/mol. The second-order valence-electron chi connectivity index (χ2n) is 9.14. The molecule has 0 radical (unpaired) electrons. The molecule has 1 N–H and O–H groups in total. The number of imide groups is 1. The van der Waals surface area contributed by atoms with Crippen LogP contribution >= 0.6 is 0 Å². The topological polar surface area (TPSA) is 52.7 Å². The summed E-state index contributed by atoms with van der Waals surface area (Å²) in [5, 5.41) is 3.31. The van der Waals surface area contributed by atoms with Crippen molar-refractivity contribution in [2.24, 2.45) is 0 Å². The van der Waals surface area contributed by atoms with Crippen molar-refractivity contribution >= 4 is 34.4 Å². The molecule has 172 valence electrons. The van der Waals surface area contributed by atoms with E-state index in [1.807, 2.05) is 87.5 Å². The maximum atomic E-state index is 13.7. The normalized spacial score (nSPS) is 16.1. The molecule has 1 saturated heterocycles. The summed E-state index contributed by atoms with van der Waals surface area (Å²) in [5.41, 5.74) is 7.24. The molecule has 3 aromatic carbocycles. The summed E-state index contributed by atoms with van der Waals surface area (Å²) in [6.45, 7) is 8.14. The Kier molecular flexibility index (Phi) is 5.70. The Balaban J connectivity index is 1.54. The molecular formula is C29H29N3O2. The van der Waals surface area contributed by atoms with Crippen LogP contribution in [-0.2, 0) is 9.59 Å². The first kappa shape index (κ1) is 22.0. The number of nitrogens with zero attached hydrogens (tertiary/aromatic N) is 2. The van der Waals surface area contributed by atoms with Crippen LogP contribution in [0.15, 0.2) is 72.4 Å². The van der Waals surface area contributed by atoms with Crippen LogP contribution in [0, 0.1) is 20.8 Å². The predicted octanol–water partition coefficient (Wildman–Crippen LogP) is 5.61. The van der Waals surface area contributed by atoms with Crippen LogP contribution in [0.5, 0.6) is 0 Å². The van der Waals surface area contributed by atoms with Gasteiger partial charge in [0.2, 0.25) is 0 Å². The quantitative estimate of drug-likeness (QED) is 0.513. The van der Waals surface area contributed by atoms with E-state index in [4.69, 9.17) is 0 Å². The van der Waals surface area contributed by atoms with Crippen molar-refractivity contribution in [3.8, 4) is 0 Å². The maximum absolute atomic E-state index is 13.7. The third-order valence-corrected chi connectivity index (χ3v) is 6.87. The summed E-state index contributed by atoms with van der Waals surface area (Å²) in [7, 11) is 0. The molecule has 0 aliphatic carbocycles. The van der Waals surface area contributed by atoms with E-state index in [0.717, 1.165) is 46.7 Å². The number of benzene rings is 3. The highest BCUT2D eigenvalue weighted by atomic mass is 16.2. The van der Waals surface area contributed by atoms with Crippen LogP contribution in [-0.4, -0.2) is 24.9 Å². The lowest BCUT2D eigenvalue weighted by Crippen LogP contribution is -2.32. The number of aryl methyl sites for hydroxylation is 2. The first-order valence-electron chi connectivity index (χ1n) is 11.8. The molecule has 2 heterocycles. The molecule has 0 atom stereocenters. The number of hydrogen-bond donors (Lipinski definition) is 1. The van der Waals surface area contributed by atoms with E-state index in [9.17, 15) is 9.59 Å². The zero-order valence-corrected chi connectivity index (χ0v) is 19.9. The average molecular weight is 452 g/mol. The predicted molar refractivity (Wildman–Crippen MR) is 138 cm³/mol. The number of rotatable bonds is 5. The second kappa shape index (κ2) is 8.82. The molecule has 2 amide bonds. The van der Waals surface area contributed by atoms with Crippen molar-refractivity contribution in [1.29, 1.82) is 0 Å². The van der Waals surface area contributed by atoms with Gasteiger partial charge in [0.25, 0.3) is 11.8 Å². The highest BCUT2D eigenvalue weighted by Gasteiger charge is 2.40. The number of carbonyl (C=O) groups excluding carboxylic acids is 2. The minimum absolute atomic E-state index is 0.310. The number of carbonyl (C=O) groups is 2. The third-order valence-electron chi connectivity index (χ3n) is 6.87. The van der Waals surface area contributed by atoms with E-state index in [2.05, 4.69) is 10.2 Å². The summed E-state index contributed by atoms with van der Waals surface area (Å²) in [6.07, 6.45) is 2.39. The van der Waals surface area contributed by atoms with Crippen molar-refractivity contribution in [2.75, 3.05) is 28.2 Å². The van der Waals surface area contributed by atoms with Gasteiger partial charge in [-0.2, -0.15) is 0 Å². The number of amides is 2.